The number of ether oxygens (including phenoxy) is 1. The number of rotatable bonds is 5. The summed E-state index contributed by atoms with van der Waals surface area (Å²) in [5.74, 6) is 1.79. The Morgan fingerprint density at radius 1 is 1.05 bits per heavy atom. The van der Waals surface area contributed by atoms with Gasteiger partial charge in [-0.1, -0.05) is 36.2 Å². The molecule has 2 aromatic rings. The zero-order valence-electron chi connectivity index (χ0n) is 13.1. The number of hydrogen-bond acceptors (Lipinski definition) is 2. The van der Waals surface area contributed by atoms with Crippen LogP contribution in [0.3, 0.4) is 0 Å². The largest absolute Gasteiger partial charge is 0.456 e. The van der Waals surface area contributed by atoms with Crippen molar-refractivity contribution in [2.45, 2.75) is 34.2 Å². The van der Waals surface area contributed by atoms with Crippen LogP contribution in [-0.4, -0.2) is 6.54 Å². The Balaban J connectivity index is 2.35. The van der Waals surface area contributed by atoms with E-state index in [9.17, 15) is 0 Å². The summed E-state index contributed by atoms with van der Waals surface area (Å²) >= 11 is 6.08. The van der Waals surface area contributed by atoms with Crippen LogP contribution in [0.5, 0.6) is 11.5 Å². The minimum atomic E-state index is 0.745. The second-order valence-corrected chi connectivity index (χ2v) is 5.80. The average Bonchev–Trinajstić information content (AvgIpc) is 2.42. The molecule has 0 amide bonds. The molecule has 0 saturated heterocycles. The third-order valence-corrected chi connectivity index (χ3v) is 3.64. The Labute approximate surface area is 132 Å². The van der Waals surface area contributed by atoms with Crippen LogP contribution in [0.25, 0.3) is 0 Å². The SMILES string of the molecule is CCNCc1cc(C)ccc1Oc1c(C)cc(Cl)cc1C. The number of aryl methyl sites for hydroxylation is 3. The first-order valence-electron chi connectivity index (χ1n) is 7.26. The van der Waals surface area contributed by atoms with E-state index >= 15 is 0 Å². The molecule has 0 fully saturated rings. The minimum Gasteiger partial charge on any atom is -0.456 e. The van der Waals surface area contributed by atoms with Gasteiger partial charge >= 0.3 is 0 Å². The minimum absolute atomic E-state index is 0.745. The van der Waals surface area contributed by atoms with Crippen LogP contribution in [0.1, 0.15) is 29.2 Å². The van der Waals surface area contributed by atoms with E-state index in [4.69, 9.17) is 16.3 Å². The van der Waals surface area contributed by atoms with Gasteiger partial charge in [-0.3, -0.25) is 0 Å². The van der Waals surface area contributed by atoms with Gasteiger partial charge in [-0.2, -0.15) is 0 Å². The molecule has 0 aromatic heterocycles. The summed E-state index contributed by atoms with van der Waals surface area (Å²) in [7, 11) is 0. The van der Waals surface area contributed by atoms with Gasteiger partial charge in [-0.05, 0) is 56.6 Å². The van der Waals surface area contributed by atoms with E-state index in [0.717, 1.165) is 40.7 Å². The molecule has 0 aliphatic rings. The summed E-state index contributed by atoms with van der Waals surface area (Å²) in [6, 6.07) is 10.1. The van der Waals surface area contributed by atoms with E-state index in [2.05, 4.69) is 31.3 Å². The standard InChI is InChI=1S/C18H22ClNO/c1-5-20-11-15-8-12(2)6-7-17(15)21-18-13(3)9-16(19)10-14(18)4/h6-10,20H,5,11H2,1-4H3. The van der Waals surface area contributed by atoms with Crippen LogP contribution in [-0.2, 0) is 6.54 Å². The highest BCUT2D eigenvalue weighted by atomic mass is 35.5. The smallest absolute Gasteiger partial charge is 0.133 e. The van der Waals surface area contributed by atoms with Crippen molar-refractivity contribution in [3.05, 3.63) is 57.6 Å². The van der Waals surface area contributed by atoms with Crippen LogP contribution in [0.15, 0.2) is 30.3 Å². The molecule has 3 heteroatoms. The lowest BCUT2D eigenvalue weighted by Crippen LogP contribution is -2.12. The van der Waals surface area contributed by atoms with Gasteiger partial charge in [0.2, 0.25) is 0 Å². The monoisotopic (exact) mass is 303 g/mol. The van der Waals surface area contributed by atoms with Crippen LogP contribution < -0.4 is 10.1 Å². The van der Waals surface area contributed by atoms with Crippen LogP contribution in [0.2, 0.25) is 5.02 Å². The molecule has 0 aliphatic heterocycles. The van der Waals surface area contributed by atoms with Gasteiger partial charge in [0.05, 0.1) is 0 Å². The van der Waals surface area contributed by atoms with Gasteiger partial charge in [0, 0.05) is 17.1 Å². The first-order valence-corrected chi connectivity index (χ1v) is 7.64. The molecule has 0 spiro atoms. The third-order valence-electron chi connectivity index (χ3n) is 3.42. The zero-order chi connectivity index (χ0) is 15.4. The maximum atomic E-state index is 6.18. The lowest BCUT2D eigenvalue weighted by Gasteiger charge is -2.16. The van der Waals surface area contributed by atoms with Crippen molar-refractivity contribution < 1.29 is 4.74 Å². The molecule has 0 bridgehead atoms. The Morgan fingerprint density at radius 2 is 1.71 bits per heavy atom. The Bertz CT molecular complexity index is 614. The molecule has 0 atom stereocenters. The number of halogens is 1. The van der Waals surface area contributed by atoms with Crippen LogP contribution in [0.4, 0.5) is 0 Å². The number of benzene rings is 2. The molecule has 2 nitrogen and oxygen atoms in total. The maximum Gasteiger partial charge on any atom is 0.133 e. The first-order chi connectivity index (χ1) is 10.0. The Hall–Kier alpha value is -1.51. The topological polar surface area (TPSA) is 21.3 Å². The van der Waals surface area contributed by atoms with E-state index < -0.39 is 0 Å². The van der Waals surface area contributed by atoms with Crippen molar-refractivity contribution in [1.82, 2.24) is 5.32 Å². The van der Waals surface area contributed by atoms with E-state index in [1.807, 2.05) is 32.0 Å². The molecule has 0 aliphatic carbocycles. The average molecular weight is 304 g/mol. The maximum absolute atomic E-state index is 6.18. The molecular formula is C18H22ClNO. The summed E-state index contributed by atoms with van der Waals surface area (Å²) in [4.78, 5) is 0. The molecule has 0 radical (unpaired) electrons. The fourth-order valence-electron chi connectivity index (χ4n) is 2.37. The van der Waals surface area contributed by atoms with Gasteiger partial charge in [0.25, 0.3) is 0 Å². The molecule has 21 heavy (non-hydrogen) atoms. The zero-order valence-corrected chi connectivity index (χ0v) is 13.8. The van der Waals surface area contributed by atoms with Crippen molar-refractivity contribution >= 4 is 11.6 Å². The van der Waals surface area contributed by atoms with Crippen molar-refractivity contribution in [3.8, 4) is 11.5 Å². The fourth-order valence-corrected chi connectivity index (χ4v) is 2.70. The first kappa shape index (κ1) is 15.9. The second-order valence-electron chi connectivity index (χ2n) is 5.36. The van der Waals surface area contributed by atoms with Crippen LogP contribution in [0, 0.1) is 20.8 Å². The summed E-state index contributed by atoms with van der Waals surface area (Å²) in [6.45, 7) is 9.98. The van der Waals surface area contributed by atoms with E-state index in [1.165, 1.54) is 11.1 Å². The number of hydrogen-bond donors (Lipinski definition) is 1. The quantitative estimate of drug-likeness (QED) is 0.823. The predicted molar refractivity (Wildman–Crippen MR) is 89.6 cm³/mol. The van der Waals surface area contributed by atoms with Gasteiger partial charge < -0.3 is 10.1 Å². The van der Waals surface area contributed by atoms with E-state index in [-0.39, 0.29) is 0 Å². The Kier molecular flexibility index (Phi) is 5.27. The summed E-state index contributed by atoms with van der Waals surface area (Å²) in [5, 5.41) is 4.10. The molecule has 0 saturated carbocycles. The molecule has 2 rings (SSSR count). The van der Waals surface area contributed by atoms with Crippen LogP contribution >= 0.6 is 11.6 Å². The number of nitrogens with one attached hydrogen (secondary N) is 1. The normalized spacial score (nSPS) is 10.7. The molecular weight excluding hydrogens is 282 g/mol. The molecule has 112 valence electrons. The molecule has 1 N–H and O–H groups in total. The van der Waals surface area contributed by atoms with Gasteiger partial charge in [0.1, 0.15) is 11.5 Å². The predicted octanol–water partition coefficient (Wildman–Crippen LogP) is 5.17. The third kappa shape index (κ3) is 3.99. The van der Waals surface area contributed by atoms with E-state index in [1.54, 1.807) is 0 Å². The molecule has 0 heterocycles. The molecule has 0 unspecified atom stereocenters. The highest BCUT2D eigenvalue weighted by Crippen LogP contribution is 2.33. The summed E-state index contributed by atoms with van der Waals surface area (Å²) < 4.78 is 6.18. The summed E-state index contributed by atoms with van der Waals surface area (Å²) in [5.41, 5.74) is 4.51. The van der Waals surface area contributed by atoms with Gasteiger partial charge in [-0.25, -0.2) is 0 Å². The fraction of sp³-hybridized carbons (Fsp3) is 0.333. The highest BCUT2D eigenvalue weighted by molar-refractivity contribution is 6.30. The lowest BCUT2D eigenvalue weighted by molar-refractivity contribution is 0.466. The highest BCUT2D eigenvalue weighted by Gasteiger charge is 2.10. The van der Waals surface area contributed by atoms with Gasteiger partial charge in [0.15, 0.2) is 0 Å². The van der Waals surface area contributed by atoms with Gasteiger partial charge in [-0.15, -0.1) is 0 Å². The van der Waals surface area contributed by atoms with E-state index in [0.29, 0.717) is 0 Å². The lowest BCUT2D eigenvalue weighted by atomic mass is 10.1. The second kappa shape index (κ2) is 6.97. The van der Waals surface area contributed by atoms with Crippen molar-refractivity contribution in [3.63, 3.8) is 0 Å². The van der Waals surface area contributed by atoms with Crippen molar-refractivity contribution in [2.24, 2.45) is 0 Å². The Morgan fingerprint density at radius 3 is 2.33 bits per heavy atom. The molecule has 2 aromatic carbocycles. The summed E-state index contributed by atoms with van der Waals surface area (Å²) in [6.07, 6.45) is 0. The van der Waals surface area contributed by atoms with Crippen molar-refractivity contribution in [2.75, 3.05) is 6.54 Å². The van der Waals surface area contributed by atoms with Crippen molar-refractivity contribution in [1.29, 1.82) is 0 Å².